The Morgan fingerprint density at radius 1 is 1.17 bits per heavy atom. The molecule has 1 heteroatoms. The molecule has 0 radical (unpaired) electrons. The van der Waals surface area contributed by atoms with E-state index in [1.807, 2.05) is 0 Å². The van der Waals surface area contributed by atoms with Crippen molar-refractivity contribution in [2.45, 2.75) is 46.2 Å². The molecule has 0 amide bonds. The van der Waals surface area contributed by atoms with E-state index in [1.54, 1.807) is 0 Å². The molecule has 1 nitrogen and oxygen atoms in total. The maximum atomic E-state index is 3.79. The molecule has 18 heavy (non-hydrogen) atoms. The second kappa shape index (κ2) is 4.38. The number of benzene rings is 1. The van der Waals surface area contributed by atoms with Crippen molar-refractivity contribution >= 4 is 0 Å². The lowest BCUT2D eigenvalue weighted by Crippen LogP contribution is -2.59. The van der Waals surface area contributed by atoms with Gasteiger partial charge in [-0.3, -0.25) is 0 Å². The molecular formula is C17H25N. The molecule has 3 saturated carbocycles. The quantitative estimate of drug-likeness (QED) is 0.850. The Balaban J connectivity index is 1.59. The minimum atomic E-state index is 0.602. The van der Waals surface area contributed by atoms with Gasteiger partial charge in [0.2, 0.25) is 0 Å². The summed E-state index contributed by atoms with van der Waals surface area (Å²) in [6.07, 6.45) is 2.84. The highest BCUT2D eigenvalue weighted by Gasteiger charge is 2.55. The van der Waals surface area contributed by atoms with Gasteiger partial charge >= 0.3 is 0 Å². The molecule has 4 unspecified atom stereocenters. The van der Waals surface area contributed by atoms with Crippen LogP contribution in [0.25, 0.3) is 0 Å². The van der Waals surface area contributed by atoms with Crippen LogP contribution in [-0.4, -0.2) is 6.04 Å². The highest BCUT2D eigenvalue weighted by molar-refractivity contribution is 5.15. The van der Waals surface area contributed by atoms with Crippen LogP contribution in [0.4, 0.5) is 0 Å². The minimum Gasteiger partial charge on any atom is -0.310 e. The fourth-order valence-electron chi connectivity index (χ4n) is 4.26. The molecule has 1 aromatic carbocycles. The van der Waals surface area contributed by atoms with Gasteiger partial charge in [0.05, 0.1) is 0 Å². The maximum absolute atomic E-state index is 3.79. The van der Waals surface area contributed by atoms with E-state index < -0.39 is 0 Å². The molecule has 0 saturated heterocycles. The monoisotopic (exact) mass is 243 g/mol. The van der Waals surface area contributed by atoms with Crippen LogP contribution < -0.4 is 5.32 Å². The van der Waals surface area contributed by atoms with E-state index in [0.717, 1.165) is 30.3 Å². The second-order valence-corrected chi connectivity index (χ2v) is 6.93. The van der Waals surface area contributed by atoms with Gasteiger partial charge in [0.1, 0.15) is 0 Å². The van der Waals surface area contributed by atoms with Crippen LogP contribution in [-0.2, 0) is 6.54 Å². The van der Waals surface area contributed by atoms with E-state index >= 15 is 0 Å². The molecule has 1 aromatic rings. The van der Waals surface area contributed by atoms with Gasteiger partial charge in [-0.15, -0.1) is 0 Å². The lowest BCUT2D eigenvalue weighted by molar-refractivity contribution is -0.115. The van der Waals surface area contributed by atoms with Crippen molar-refractivity contribution in [1.82, 2.24) is 5.32 Å². The largest absolute Gasteiger partial charge is 0.310 e. The number of rotatable bonds is 3. The fourth-order valence-corrected chi connectivity index (χ4v) is 4.26. The molecule has 3 aliphatic carbocycles. The zero-order valence-corrected chi connectivity index (χ0v) is 11.8. The van der Waals surface area contributed by atoms with Crippen molar-refractivity contribution < 1.29 is 0 Å². The highest BCUT2D eigenvalue weighted by Crippen LogP contribution is 2.61. The summed E-state index contributed by atoms with van der Waals surface area (Å²) in [6.45, 7) is 8.41. The van der Waals surface area contributed by atoms with Crippen LogP contribution in [0, 0.1) is 23.2 Å². The molecule has 0 heterocycles. The number of fused-ring (bicyclic) bond motifs is 2. The Hall–Kier alpha value is -0.820. The van der Waals surface area contributed by atoms with Gasteiger partial charge < -0.3 is 5.32 Å². The first-order chi connectivity index (χ1) is 8.59. The molecule has 0 aliphatic heterocycles. The molecule has 2 bridgehead atoms. The maximum Gasteiger partial charge on any atom is 0.0208 e. The molecule has 0 aromatic heterocycles. The summed E-state index contributed by atoms with van der Waals surface area (Å²) in [5, 5.41) is 3.79. The lowest BCUT2D eigenvalue weighted by atomic mass is 9.45. The predicted octanol–water partition coefficient (Wildman–Crippen LogP) is 3.85. The number of hydrogen-bond acceptors (Lipinski definition) is 1. The summed E-state index contributed by atoms with van der Waals surface area (Å²) in [6, 6.07) is 11.5. The molecule has 1 N–H and O–H groups in total. The normalized spacial score (nSPS) is 37.1. The molecule has 0 spiro atoms. The minimum absolute atomic E-state index is 0.602. The van der Waals surface area contributed by atoms with Gasteiger partial charge in [-0.25, -0.2) is 0 Å². The zero-order valence-electron chi connectivity index (χ0n) is 11.8. The van der Waals surface area contributed by atoms with Gasteiger partial charge in [-0.1, -0.05) is 51.1 Å². The Bertz CT molecular complexity index is 409. The van der Waals surface area contributed by atoms with E-state index in [9.17, 15) is 0 Å². The second-order valence-electron chi connectivity index (χ2n) is 6.93. The van der Waals surface area contributed by atoms with Crippen LogP contribution in [0.3, 0.4) is 0 Å². The predicted molar refractivity (Wildman–Crippen MR) is 76.2 cm³/mol. The standard InChI is InChI=1S/C17H25N/c1-12-15-9-14(17(15,2)3)10-16(12)18-11-13-7-5-4-6-8-13/h4-8,12,14-16,18H,9-11H2,1-3H3. The summed E-state index contributed by atoms with van der Waals surface area (Å²) in [5.74, 6) is 2.71. The third-order valence-electron chi connectivity index (χ3n) is 5.77. The summed E-state index contributed by atoms with van der Waals surface area (Å²) in [4.78, 5) is 0. The van der Waals surface area contributed by atoms with E-state index in [4.69, 9.17) is 0 Å². The van der Waals surface area contributed by atoms with Crippen LogP contribution in [0.2, 0.25) is 0 Å². The van der Waals surface area contributed by atoms with Gasteiger partial charge in [0, 0.05) is 12.6 Å². The van der Waals surface area contributed by atoms with Crippen molar-refractivity contribution in [1.29, 1.82) is 0 Å². The third-order valence-corrected chi connectivity index (χ3v) is 5.77. The fraction of sp³-hybridized carbons (Fsp3) is 0.647. The van der Waals surface area contributed by atoms with Gasteiger partial charge in [-0.2, -0.15) is 0 Å². The first kappa shape index (κ1) is 12.2. The number of hydrogen-bond donors (Lipinski definition) is 1. The van der Waals surface area contributed by atoms with Crippen molar-refractivity contribution in [3.05, 3.63) is 35.9 Å². The Morgan fingerprint density at radius 2 is 1.89 bits per heavy atom. The average molecular weight is 243 g/mol. The first-order valence-corrected chi connectivity index (χ1v) is 7.36. The third kappa shape index (κ3) is 1.89. The van der Waals surface area contributed by atoms with E-state index in [1.165, 1.54) is 18.4 Å². The SMILES string of the molecule is CC1C(NCc2ccccc2)CC2CC1C2(C)C. The summed E-state index contributed by atoms with van der Waals surface area (Å²) in [5.41, 5.74) is 2.01. The van der Waals surface area contributed by atoms with Crippen LogP contribution >= 0.6 is 0 Å². The smallest absolute Gasteiger partial charge is 0.0208 e. The summed E-state index contributed by atoms with van der Waals surface area (Å²) in [7, 11) is 0. The Morgan fingerprint density at radius 3 is 2.50 bits per heavy atom. The molecule has 3 aliphatic rings. The molecular weight excluding hydrogens is 218 g/mol. The van der Waals surface area contributed by atoms with Crippen molar-refractivity contribution in [3.63, 3.8) is 0 Å². The lowest BCUT2D eigenvalue weighted by Gasteiger charge is -2.62. The van der Waals surface area contributed by atoms with Crippen molar-refractivity contribution in [2.24, 2.45) is 23.2 Å². The van der Waals surface area contributed by atoms with Gasteiger partial charge in [0.15, 0.2) is 0 Å². The molecule has 3 fully saturated rings. The average Bonchev–Trinajstić information content (AvgIpc) is 2.38. The van der Waals surface area contributed by atoms with Crippen LogP contribution in [0.1, 0.15) is 39.2 Å². The molecule has 4 atom stereocenters. The zero-order chi connectivity index (χ0) is 12.8. The van der Waals surface area contributed by atoms with Crippen molar-refractivity contribution in [3.8, 4) is 0 Å². The summed E-state index contributed by atoms with van der Waals surface area (Å²) >= 11 is 0. The Kier molecular flexibility index (Phi) is 2.97. The summed E-state index contributed by atoms with van der Waals surface area (Å²) < 4.78 is 0. The topological polar surface area (TPSA) is 12.0 Å². The highest BCUT2D eigenvalue weighted by atomic mass is 14.9. The first-order valence-electron chi connectivity index (χ1n) is 7.36. The Labute approximate surface area is 111 Å². The van der Waals surface area contributed by atoms with Crippen LogP contribution in [0.15, 0.2) is 30.3 Å². The van der Waals surface area contributed by atoms with Gasteiger partial charge in [0.25, 0.3) is 0 Å². The van der Waals surface area contributed by atoms with E-state index in [2.05, 4.69) is 56.4 Å². The molecule has 98 valence electrons. The molecule has 4 rings (SSSR count). The number of nitrogens with one attached hydrogen (secondary N) is 1. The van der Waals surface area contributed by atoms with E-state index in [-0.39, 0.29) is 0 Å². The van der Waals surface area contributed by atoms with Gasteiger partial charge in [-0.05, 0) is 41.6 Å². The van der Waals surface area contributed by atoms with Crippen molar-refractivity contribution in [2.75, 3.05) is 0 Å². The van der Waals surface area contributed by atoms with E-state index in [0.29, 0.717) is 5.41 Å². The van der Waals surface area contributed by atoms with Crippen LogP contribution in [0.5, 0.6) is 0 Å².